The van der Waals surface area contributed by atoms with Crippen LogP contribution in [0.15, 0.2) is 16.3 Å². The molecule has 1 atom stereocenters. The zero-order valence-electron chi connectivity index (χ0n) is 6.97. The van der Waals surface area contributed by atoms with Crippen molar-refractivity contribution in [3.8, 4) is 0 Å². The quantitative estimate of drug-likeness (QED) is 0.828. The lowest BCUT2D eigenvalue weighted by Crippen LogP contribution is -1.99. The molecular weight excluding hydrogens is 204 g/mol. The van der Waals surface area contributed by atoms with E-state index >= 15 is 0 Å². The number of aliphatic hydroxyl groups excluding tert-OH is 1. The van der Waals surface area contributed by atoms with E-state index in [0.717, 1.165) is 5.01 Å². The first-order valence-electron chi connectivity index (χ1n) is 3.75. The molecule has 2 aromatic heterocycles. The minimum Gasteiger partial charge on any atom is -0.380 e. The molecule has 0 spiro atoms. The number of hydrogen-bond acceptors (Lipinski definition) is 5. The molecule has 0 saturated carbocycles. The van der Waals surface area contributed by atoms with Crippen LogP contribution in [-0.4, -0.2) is 15.1 Å². The van der Waals surface area contributed by atoms with E-state index in [1.807, 2.05) is 17.7 Å². The highest BCUT2D eigenvalue weighted by atomic mass is 32.1. The fourth-order valence-electron chi connectivity index (χ4n) is 1.01. The lowest BCUT2D eigenvalue weighted by molar-refractivity contribution is 0.212. The van der Waals surface area contributed by atoms with Crippen LogP contribution in [-0.2, 0) is 0 Å². The number of nitrogens with zero attached hydrogens (tertiary/aromatic N) is 2. The summed E-state index contributed by atoms with van der Waals surface area (Å²) in [4.78, 5) is 8.23. The average Bonchev–Trinajstić information content (AvgIpc) is 2.72. The molecule has 0 bridgehead atoms. The first kappa shape index (κ1) is 8.80. The van der Waals surface area contributed by atoms with E-state index in [-0.39, 0.29) is 0 Å². The third-order valence-electron chi connectivity index (χ3n) is 1.65. The first-order valence-corrected chi connectivity index (χ1v) is 5.58. The number of thiazole rings is 2. The molecule has 0 radical (unpaired) electrons. The molecule has 13 heavy (non-hydrogen) atoms. The predicted molar refractivity (Wildman–Crippen MR) is 53.0 cm³/mol. The van der Waals surface area contributed by atoms with Gasteiger partial charge in [-0.3, -0.25) is 0 Å². The highest BCUT2D eigenvalue weighted by molar-refractivity contribution is 7.09. The fourth-order valence-corrected chi connectivity index (χ4v) is 2.22. The highest BCUT2D eigenvalue weighted by Crippen LogP contribution is 2.22. The molecule has 1 unspecified atom stereocenters. The molecule has 2 aromatic rings. The maximum atomic E-state index is 9.78. The van der Waals surface area contributed by atoms with E-state index in [4.69, 9.17) is 0 Å². The average molecular weight is 212 g/mol. The van der Waals surface area contributed by atoms with Crippen LogP contribution in [0.25, 0.3) is 0 Å². The standard InChI is InChI=1S/C8H8N2OS2/c1-5-10-7(3-13-5)8(11)6-2-12-4-9-6/h2-4,8,11H,1H3. The fraction of sp³-hybridized carbons (Fsp3) is 0.250. The summed E-state index contributed by atoms with van der Waals surface area (Å²) in [6.45, 7) is 1.92. The van der Waals surface area contributed by atoms with Crippen LogP contribution in [0.1, 0.15) is 22.5 Å². The monoisotopic (exact) mass is 212 g/mol. The second-order valence-electron chi connectivity index (χ2n) is 2.61. The zero-order chi connectivity index (χ0) is 9.26. The van der Waals surface area contributed by atoms with Crippen molar-refractivity contribution in [3.05, 3.63) is 32.7 Å². The second-order valence-corrected chi connectivity index (χ2v) is 4.39. The van der Waals surface area contributed by atoms with E-state index < -0.39 is 6.10 Å². The lowest BCUT2D eigenvalue weighted by atomic mass is 10.2. The Hall–Kier alpha value is -0.780. The number of aryl methyl sites for hydroxylation is 1. The molecule has 0 amide bonds. The third kappa shape index (κ3) is 1.77. The molecule has 3 nitrogen and oxygen atoms in total. The van der Waals surface area contributed by atoms with E-state index in [0.29, 0.717) is 11.4 Å². The van der Waals surface area contributed by atoms with Gasteiger partial charge in [0.1, 0.15) is 6.10 Å². The van der Waals surface area contributed by atoms with Gasteiger partial charge in [0.15, 0.2) is 0 Å². The summed E-state index contributed by atoms with van der Waals surface area (Å²) in [5.74, 6) is 0. The Kier molecular flexibility index (Phi) is 2.39. The number of hydrogen-bond donors (Lipinski definition) is 1. The zero-order valence-corrected chi connectivity index (χ0v) is 8.60. The number of rotatable bonds is 2. The minimum absolute atomic E-state index is 0.670. The Morgan fingerprint density at radius 1 is 1.38 bits per heavy atom. The van der Waals surface area contributed by atoms with Gasteiger partial charge < -0.3 is 5.11 Å². The van der Waals surface area contributed by atoms with Crippen LogP contribution >= 0.6 is 22.7 Å². The first-order chi connectivity index (χ1) is 6.27. The van der Waals surface area contributed by atoms with Crippen molar-refractivity contribution in [2.75, 3.05) is 0 Å². The van der Waals surface area contributed by atoms with Crippen molar-refractivity contribution < 1.29 is 5.11 Å². The van der Waals surface area contributed by atoms with E-state index in [1.54, 1.807) is 5.51 Å². The van der Waals surface area contributed by atoms with Gasteiger partial charge in [0, 0.05) is 10.8 Å². The van der Waals surface area contributed by atoms with E-state index in [1.165, 1.54) is 22.7 Å². The SMILES string of the molecule is Cc1nc(C(O)c2cscn2)cs1. The highest BCUT2D eigenvalue weighted by Gasteiger charge is 2.14. The molecule has 0 saturated heterocycles. The van der Waals surface area contributed by atoms with Gasteiger partial charge in [-0.2, -0.15) is 0 Å². The van der Waals surface area contributed by atoms with Crippen molar-refractivity contribution in [2.24, 2.45) is 0 Å². The molecule has 5 heteroatoms. The van der Waals surface area contributed by atoms with Crippen LogP contribution in [0.5, 0.6) is 0 Å². The summed E-state index contributed by atoms with van der Waals surface area (Å²) in [5, 5.41) is 14.4. The van der Waals surface area contributed by atoms with Gasteiger partial charge in [-0.25, -0.2) is 9.97 Å². The summed E-state index contributed by atoms with van der Waals surface area (Å²) in [7, 11) is 0. The molecular formula is C8H8N2OS2. The maximum absolute atomic E-state index is 9.78. The van der Waals surface area contributed by atoms with Gasteiger partial charge in [0.05, 0.1) is 21.9 Å². The van der Waals surface area contributed by atoms with Gasteiger partial charge in [-0.15, -0.1) is 22.7 Å². The Balaban J connectivity index is 2.28. The second kappa shape index (κ2) is 3.53. The largest absolute Gasteiger partial charge is 0.380 e. The van der Waals surface area contributed by atoms with Gasteiger partial charge in [-0.1, -0.05) is 0 Å². The Morgan fingerprint density at radius 2 is 2.23 bits per heavy atom. The molecule has 0 fully saturated rings. The van der Waals surface area contributed by atoms with Crippen molar-refractivity contribution in [3.63, 3.8) is 0 Å². The molecule has 68 valence electrons. The van der Waals surface area contributed by atoms with E-state index in [9.17, 15) is 5.11 Å². The van der Waals surface area contributed by atoms with Crippen molar-refractivity contribution in [2.45, 2.75) is 13.0 Å². The molecule has 0 aliphatic rings. The van der Waals surface area contributed by atoms with Crippen LogP contribution in [0, 0.1) is 6.92 Å². The molecule has 2 rings (SSSR count). The Labute approximate surface area is 83.7 Å². The topological polar surface area (TPSA) is 46.0 Å². The molecule has 0 aliphatic carbocycles. The Bertz CT molecular complexity index is 383. The van der Waals surface area contributed by atoms with Crippen LogP contribution in [0.2, 0.25) is 0 Å². The van der Waals surface area contributed by atoms with Crippen LogP contribution in [0.4, 0.5) is 0 Å². The van der Waals surface area contributed by atoms with E-state index in [2.05, 4.69) is 9.97 Å². The molecule has 1 N–H and O–H groups in total. The summed E-state index contributed by atoms with van der Waals surface area (Å²) >= 11 is 3.01. The third-order valence-corrected chi connectivity index (χ3v) is 3.04. The summed E-state index contributed by atoms with van der Waals surface area (Å²) < 4.78 is 0. The normalized spacial score (nSPS) is 13.1. The summed E-state index contributed by atoms with van der Waals surface area (Å²) in [6, 6.07) is 0. The van der Waals surface area contributed by atoms with Crippen LogP contribution < -0.4 is 0 Å². The van der Waals surface area contributed by atoms with Gasteiger partial charge in [0.2, 0.25) is 0 Å². The molecule has 0 aliphatic heterocycles. The summed E-state index contributed by atoms with van der Waals surface area (Å²) in [6.07, 6.45) is -0.670. The van der Waals surface area contributed by atoms with Crippen molar-refractivity contribution in [1.82, 2.24) is 9.97 Å². The predicted octanol–water partition coefficient (Wildman–Crippen LogP) is 1.99. The lowest BCUT2D eigenvalue weighted by Gasteiger charge is -2.02. The maximum Gasteiger partial charge on any atom is 0.139 e. The van der Waals surface area contributed by atoms with Gasteiger partial charge >= 0.3 is 0 Å². The molecule has 0 aromatic carbocycles. The number of aromatic nitrogens is 2. The Morgan fingerprint density at radius 3 is 2.77 bits per heavy atom. The smallest absolute Gasteiger partial charge is 0.139 e. The molecule has 2 heterocycles. The van der Waals surface area contributed by atoms with Gasteiger partial charge in [0.25, 0.3) is 0 Å². The minimum atomic E-state index is -0.670. The van der Waals surface area contributed by atoms with Crippen LogP contribution in [0.3, 0.4) is 0 Å². The summed E-state index contributed by atoms with van der Waals surface area (Å²) in [5.41, 5.74) is 3.07. The van der Waals surface area contributed by atoms with Crippen molar-refractivity contribution in [1.29, 1.82) is 0 Å². The number of aliphatic hydroxyl groups is 1. The van der Waals surface area contributed by atoms with Gasteiger partial charge in [-0.05, 0) is 6.92 Å². The van der Waals surface area contributed by atoms with Crippen molar-refractivity contribution >= 4 is 22.7 Å².